The Morgan fingerprint density at radius 2 is 1.69 bits per heavy atom. The van der Waals surface area contributed by atoms with Crippen molar-refractivity contribution >= 4 is 46.4 Å². The molecule has 0 saturated heterocycles. The van der Waals surface area contributed by atoms with E-state index in [4.69, 9.17) is 44.1 Å². The van der Waals surface area contributed by atoms with Crippen LogP contribution in [0, 0.1) is 0 Å². The molecule has 0 aliphatic carbocycles. The fourth-order valence-corrected chi connectivity index (χ4v) is 4.45. The smallest absolute Gasteiger partial charge is 0.228 e. The fourth-order valence-electron chi connectivity index (χ4n) is 3.65. The Labute approximate surface area is 218 Å². The van der Waals surface area contributed by atoms with E-state index in [-0.39, 0.29) is 24.9 Å². The lowest BCUT2D eigenvalue weighted by Gasteiger charge is -2.12. The van der Waals surface area contributed by atoms with Crippen LogP contribution < -0.4 is 10.1 Å². The molecule has 3 aromatic carbocycles. The summed E-state index contributed by atoms with van der Waals surface area (Å²) < 4.78 is 11.7. The van der Waals surface area contributed by atoms with Gasteiger partial charge in [0.25, 0.3) is 0 Å². The number of anilines is 1. The minimum Gasteiger partial charge on any atom is -0.489 e. The van der Waals surface area contributed by atoms with E-state index >= 15 is 0 Å². The number of carbonyl (C=O) groups excluding carboxylic acids is 1. The van der Waals surface area contributed by atoms with Crippen LogP contribution in [-0.4, -0.2) is 11.1 Å². The lowest BCUT2D eigenvalue weighted by atomic mass is 10.0. The molecule has 1 N–H and O–H groups in total. The van der Waals surface area contributed by atoms with Crippen LogP contribution in [0.2, 0.25) is 15.1 Å². The molecule has 0 unspecified atom stereocenters. The Morgan fingerprint density at radius 1 is 0.971 bits per heavy atom. The summed E-state index contributed by atoms with van der Waals surface area (Å²) in [6.45, 7) is 4.18. The minimum atomic E-state index is -0.154. The van der Waals surface area contributed by atoms with E-state index in [1.54, 1.807) is 36.4 Å². The van der Waals surface area contributed by atoms with Gasteiger partial charge in [0.2, 0.25) is 5.91 Å². The maximum atomic E-state index is 12.4. The Kier molecular flexibility index (Phi) is 8.01. The number of rotatable bonds is 8. The number of hydrogen-bond acceptors (Lipinski definition) is 4. The molecule has 0 fully saturated rings. The lowest BCUT2D eigenvalue weighted by molar-refractivity contribution is -0.115. The molecule has 35 heavy (non-hydrogen) atoms. The summed E-state index contributed by atoms with van der Waals surface area (Å²) in [6.07, 6.45) is 0.258. The maximum Gasteiger partial charge on any atom is 0.228 e. The number of ether oxygens (including phenoxy) is 1. The maximum absolute atomic E-state index is 12.4. The molecule has 1 heterocycles. The highest BCUT2D eigenvalue weighted by Crippen LogP contribution is 2.39. The highest BCUT2D eigenvalue weighted by Gasteiger charge is 2.24. The van der Waals surface area contributed by atoms with E-state index in [1.165, 1.54) is 0 Å². The quantitative estimate of drug-likeness (QED) is 0.250. The summed E-state index contributed by atoms with van der Waals surface area (Å²) in [5.74, 6) is 1.14. The van der Waals surface area contributed by atoms with Crippen LogP contribution in [0.1, 0.15) is 36.7 Å². The molecule has 0 aliphatic heterocycles. The van der Waals surface area contributed by atoms with Crippen LogP contribution in [0.25, 0.3) is 11.3 Å². The number of benzene rings is 3. The van der Waals surface area contributed by atoms with Crippen LogP contribution in [0.4, 0.5) is 5.69 Å². The highest BCUT2D eigenvalue weighted by atomic mass is 35.5. The van der Waals surface area contributed by atoms with Gasteiger partial charge in [-0.1, -0.05) is 90.2 Å². The van der Waals surface area contributed by atoms with Crippen LogP contribution in [-0.2, 0) is 17.8 Å². The van der Waals surface area contributed by atoms with Gasteiger partial charge in [-0.3, -0.25) is 4.79 Å². The van der Waals surface area contributed by atoms with Gasteiger partial charge in [0, 0.05) is 17.5 Å². The highest BCUT2D eigenvalue weighted by molar-refractivity contribution is 6.39. The van der Waals surface area contributed by atoms with Crippen molar-refractivity contribution in [1.29, 1.82) is 0 Å². The normalized spacial score (nSPS) is 11.0. The summed E-state index contributed by atoms with van der Waals surface area (Å²) in [6, 6.07) is 19.9. The summed E-state index contributed by atoms with van der Waals surface area (Å²) >= 11 is 19.3. The molecule has 1 amide bonds. The minimum absolute atomic E-state index is 0.0712. The van der Waals surface area contributed by atoms with Crippen molar-refractivity contribution in [3.05, 3.63) is 98.7 Å². The number of halogens is 3. The van der Waals surface area contributed by atoms with Crippen LogP contribution in [0.3, 0.4) is 0 Å². The molecule has 8 heteroatoms. The second-order valence-corrected chi connectivity index (χ2v) is 9.49. The Hall–Kier alpha value is -2.99. The molecule has 4 rings (SSSR count). The van der Waals surface area contributed by atoms with Gasteiger partial charge in [-0.25, -0.2) is 0 Å². The first-order valence-corrected chi connectivity index (χ1v) is 12.2. The van der Waals surface area contributed by atoms with Crippen molar-refractivity contribution in [2.24, 2.45) is 0 Å². The molecule has 0 atom stereocenters. The topological polar surface area (TPSA) is 64.4 Å². The zero-order chi connectivity index (χ0) is 24.9. The van der Waals surface area contributed by atoms with E-state index < -0.39 is 0 Å². The van der Waals surface area contributed by atoms with Gasteiger partial charge in [-0.2, -0.15) is 0 Å². The number of aromatic nitrogens is 1. The number of nitrogens with one attached hydrogen (secondary N) is 1. The lowest BCUT2D eigenvalue weighted by Crippen LogP contribution is -2.14. The summed E-state index contributed by atoms with van der Waals surface area (Å²) in [5.41, 5.74) is 3.33. The van der Waals surface area contributed by atoms with Crippen molar-refractivity contribution < 1.29 is 14.1 Å². The third kappa shape index (κ3) is 5.99. The van der Waals surface area contributed by atoms with E-state index in [9.17, 15) is 4.79 Å². The number of amides is 1. The standard InChI is InChI=1S/C27H23Cl3N2O3/c1-16(2)27-19(26(32-35-27)25-20(28)9-6-10-21(25)29)15-34-18-11-12-23(22(30)14-18)31-24(33)13-17-7-4-3-5-8-17/h3-12,14,16H,13,15H2,1-2H3,(H,31,33). The molecule has 0 spiro atoms. The average molecular weight is 530 g/mol. The summed E-state index contributed by atoms with van der Waals surface area (Å²) in [4.78, 5) is 12.4. The first-order chi connectivity index (χ1) is 16.8. The van der Waals surface area contributed by atoms with Crippen molar-refractivity contribution in [3.8, 4) is 17.0 Å². The van der Waals surface area contributed by atoms with Gasteiger partial charge >= 0.3 is 0 Å². The van der Waals surface area contributed by atoms with Gasteiger partial charge in [0.15, 0.2) is 0 Å². The van der Waals surface area contributed by atoms with E-state index in [0.29, 0.717) is 43.5 Å². The molecule has 0 saturated carbocycles. The second kappa shape index (κ2) is 11.2. The van der Waals surface area contributed by atoms with E-state index in [1.807, 2.05) is 44.2 Å². The largest absolute Gasteiger partial charge is 0.489 e. The predicted octanol–water partition coefficient (Wildman–Crippen LogP) is 8.19. The molecule has 180 valence electrons. The van der Waals surface area contributed by atoms with E-state index in [0.717, 1.165) is 11.1 Å². The Balaban J connectivity index is 1.50. The molecule has 4 aromatic rings. The zero-order valence-corrected chi connectivity index (χ0v) is 21.4. The van der Waals surface area contributed by atoms with Crippen LogP contribution >= 0.6 is 34.8 Å². The average Bonchev–Trinajstić information content (AvgIpc) is 3.23. The van der Waals surface area contributed by atoms with Crippen molar-refractivity contribution in [2.75, 3.05) is 5.32 Å². The third-order valence-corrected chi connectivity index (χ3v) is 6.29. The summed E-state index contributed by atoms with van der Waals surface area (Å²) in [7, 11) is 0. The fraction of sp³-hybridized carbons (Fsp3) is 0.185. The molecular formula is C27H23Cl3N2O3. The Bertz CT molecular complexity index is 1320. The van der Waals surface area contributed by atoms with Crippen molar-refractivity contribution in [1.82, 2.24) is 5.16 Å². The molecule has 0 aliphatic rings. The van der Waals surface area contributed by atoms with E-state index in [2.05, 4.69) is 10.5 Å². The second-order valence-electron chi connectivity index (χ2n) is 8.27. The van der Waals surface area contributed by atoms with Crippen LogP contribution in [0.5, 0.6) is 5.75 Å². The van der Waals surface area contributed by atoms with Crippen LogP contribution in [0.15, 0.2) is 71.3 Å². The van der Waals surface area contributed by atoms with Crippen molar-refractivity contribution in [3.63, 3.8) is 0 Å². The number of carbonyl (C=O) groups is 1. The number of nitrogens with zero attached hydrogens (tertiary/aromatic N) is 1. The summed E-state index contributed by atoms with van der Waals surface area (Å²) in [5, 5.41) is 8.40. The predicted molar refractivity (Wildman–Crippen MR) is 141 cm³/mol. The first kappa shape index (κ1) is 25.1. The zero-order valence-electron chi connectivity index (χ0n) is 19.1. The van der Waals surface area contributed by atoms with Gasteiger partial charge in [-0.15, -0.1) is 0 Å². The first-order valence-electron chi connectivity index (χ1n) is 11.0. The molecule has 0 bridgehead atoms. The number of hydrogen-bond donors (Lipinski definition) is 1. The van der Waals surface area contributed by atoms with Gasteiger partial charge in [0.05, 0.1) is 32.7 Å². The molecule has 0 radical (unpaired) electrons. The van der Waals surface area contributed by atoms with Gasteiger partial charge < -0.3 is 14.6 Å². The molecule has 1 aromatic heterocycles. The Morgan fingerprint density at radius 3 is 2.34 bits per heavy atom. The third-order valence-electron chi connectivity index (χ3n) is 5.35. The molecular weight excluding hydrogens is 507 g/mol. The molecule has 5 nitrogen and oxygen atoms in total. The SMILES string of the molecule is CC(C)c1onc(-c2c(Cl)cccc2Cl)c1COc1ccc(NC(=O)Cc2ccccc2)c(Cl)c1. The van der Waals surface area contributed by atoms with Gasteiger partial charge in [0.1, 0.15) is 23.8 Å². The monoisotopic (exact) mass is 528 g/mol. The van der Waals surface area contributed by atoms with Crippen molar-refractivity contribution in [2.45, 2.75) is 32.8 Å². The van der Waals surface area contributed by atoms with Gasteiger partial charge in [-0.05, 0) is 29.8 Å².